The number of thiophene rings is 1. The molecule has 4 heteroatoms. The van der Waals surface area contributed by atoms with Gasteiger partial charge in [-0.25, -0.2) is 4.39 Å². The average Bonchev–Trinajstić information content (AvgIpc) is 2.71. The summed E-state index contributed by atoms with van der Waals surface area (Å²) in [4.78, 5) is 1.20. The largest absolute Gasteiger partial charge is 0.309 e. The summed E-state index contributed by atoms with van der Waals surface area (Å²) in [5.74, 6) is -0.376. The molecule has 2 aromatic rings. The van der Waals surface area contributed by atoms with Crippen LogP contribution in [0.4, 0.5) is 4.39 Å². The average molecular weight is 270 g/mol. The van der Waals surface area contributed by atoms with Crippen molar-refractivity contribution in [2.24, 2.45) is 0 Å². The summed E-state index contributed by atoms with van der Waals surface area (Å²) in [6.45, 7) is 2.06. The van der Waals surface area contributed by atoms with Gasteiger partial charge in [-0.15, -0.1) is 11.3 Å². The maximum Gasteiger partial charge on any atom is 0.142 e. The number of rotatable bonds is 3. The van der Waals surface area contributed by atoms with E-state index in [2.05, 4.69) is 18.3 Å². The Labute approximate surface area is 109 Å². The highest BCUT2D eigenvalue weighted by Gasteiger charge is 2.16. The smallest absolute Gasteiger partial charge is 0.142 e. The predicted molar refractivity (Wildman–Crippen MR) is 71.4 cm³/mol. The van der Waals surface area contributed by atoms with Crippen molar-refractivity contribution in [3.05, 3.63) is 56.5 Å². The molecule has 1 atom stereocenters. The van der Waals surface area contributed by atoms with Crippen LogP contribution in [0.2, 0.25) is 5.02 Å². The van der Waals surface area contributed by atoms with E-state index in [1.54, 1.807) is 17.4 Å². The Bertz CT molecular complexity index is 524. The molecule has 0 spiro atoms. The second-order valence-electron chi connectivity index (χ2n) is 3.86. The molecule has 0 saturated carbocycles. The van der Waals surface area contributed by atoms with Gasteiger partial charge in [-0.2, -0.15) is 0 Å². The molecule has 90 valence electrons. The number of benzene rings is 1. The lowest BCUT2D eigenvalue weighted by Crippen LogP contribution is -2.17. The quantitative estimate of drug-likeness (QED) is 0.882. The molecule has 1 aromatic carbocycles. The Morgan fingerprint density at radius 3 is 2.65 bits per heavy atom. The van der Waals surface area contributed by atoms with Gasteiger partial charge in [-0.3, -0.25) is 0 Å². The SMILES string of the molecule is CNC(c1ccc(Cl)c(F)c1)c1sccc1C. The van der Waals surface area contributed by atoms with E-state index in [1.807, 2.05) is 18.5 Å². The highest BCUT2D eigenvalue weighted by atomic mass is 35.5. The third-order valence-electron chi connectivity index (χ3n) is 2.73. The molecule has 17 heavy (non-hydrogen) atoms. The number of halogens is 2. The van der Waals surface area contributed by atoms with Gasteiger partial charge in [-0.05, 0) is 48.7 Å². The maximum absolute atomic E-state index is 13.5. The standard InChI is InChI=1S/C13H13ClFNS/c1-8-5-6-17-13(8)12(16-2)9-3-4-10(14)11(15)7-9/h3-7,12,16H,1-2H3. The van der Waals surface area contributed by atoms with E-state index in [4.69, 9.17) is 11.6 Å². The molecule has 0 radical (unpaired) electrons. The van der Waals surface area contributed by atoms with Gasteiger partial charge < -0.3 is 5.32 Å². The van der Waals surface area contributed by atoms with Gasteiger partial charge in [0.2, 0.25) is 0 Å². The highest BCUT2D eigenvalue weighted by Crippen LogP contribution is 2.30. The van der Waals surface area contributed by atoms with Crippen molar-refractivity contribution >= 4 is 22.9 Å². The monoisotopic (exact) mass is 269 g/mol. The van der Waals surface area contributed by atoms with E-state index < -0.39 is 0 Å². The predicted octanol–water partition coefficient (Wildman–Crippen LogP) is 4.16. The molecule has 0 aliphatic rings. The Balaban J connectivity index is 2.42. The lowest BCUT2D eigenvalue weighted by Gasteiger charge is -2.16. The molecule has 1 unspecified atom stereocenters. The fraction of sp³-hybridized carbons (Fsp3) is 0.231. The number of nitrogens with one attached hydrogen (secondary N) is 1. The number of hydrogen-bond acceptors (Lipinski definition) is 2. The first kappa shape index (κ1) is 12.6. The van der Waals surface area contributed by atoms with Crippen LogP contribution in [0.25, 0.3) is 0 Å². The molecule has 0 bridgehead atoms. The van der Waals surface area contributed by atoms with Crippen LogP contribution in [0.3, 0.4) is 0 Å². The number of aryl methyl sites for hydroxylation is 1. The molecular formula is C13H13ClFNS. The zero-order chi connectivity index (χ0) is 12.4. The van der Waals surface area contributed by atoms with E-state index in [0.717, 1.165) is 5.56 Å². The fourth-order valence-corrected chi connectivity index (χ4v) is 3.00. The first-order valence-corrected chi connectivity index (χ1v) is 6.55. The normalized spacial score (nSPS) is 12.7. The van der Waals surface area contributed by atoms with Crippen molar-refractivity contribution in [2.75, 3.05) is 7.05 Å². The molecule has 0 saturated heterocycles. The molecule has 2 rings (SSSR count). The molecular weight excluding hydrogens is 257 g/mol. The van der Waals surface area contributed by atoms with Gasteiger partial charge in [0.25, 0.3) is 0 Å². The van der Waals surface area contributed by atoms with E-state index in [1.165, 1.54) is 16.5 Å². The zero-order valence-electron chi connectivity index (χ0n) is 9.63. The van der Waals surface area contributed by atoms with Gasteiger partial charge in [0.15, 0.2) is 0 Å². The lowest BCUT2D eigenvalue weighted by molar-refractivity contribution is 0.618. The van der Waals surface area contributed by atoms with Crippen molar-refractivity contribution in [1.29, 1.82) is 0 Å². The second-order valence-corrected chi connectivity index (χ2v) is 5.22. The first-order valence-electron chi connectivity index (χ1n) is 5.29. The Hall–Kier alpha value is -0.900. The van der Waals surface area contributed by atoms with Gasteiger partial charge in [0.1, 0.15) is 5.82 Å². The van der Waals surface area contributed by atoms with E-state index >= 15 is 0 Å². The highest BCUT2D eigenvalue weighted by molar-refractivity contribution is 7.10. The summed E-state index contributed by atoms with van der Waals surface area (Å²) in [5.41, 5.74) is 2.10. The summed E-state index contributed by atoms with van der Waals surface area (Å²) in [7, 11) is 1.87. The van der Waals surface area contributed by atoms with Crippen LogP contribution in [0.1, 0.15) is 22.0 Å². The molecule has 1 nitrogen and oxygen atoms in total. The van der Waals surface area contributed by atoms with E-state index in [9.17, 15) is 4.39 Å². The second kappa shape index (κ2) is 5.17. The lowest BCUT2D eigenvalue weighted by atomic mass is 10.0. The van der Waals surface area contributed by atoms with Crippen LogP contribution < -0.4 is 5.32 Å². The van der Waals surface area contributed by atoms with Crippen molar-refractivity contribution in [3.63, 3.8) is 0 Å². The third-order valence-corrected chi connectivity index (χ3v) is 4.12. The molecule has 1 heterocycles. The van der Waals surface area contributed by atoms with Crippen molar-refractivity contribution in [2.45, 2.75) is 13.0 Å². The Morgan fingerprint density at radius 2 is 2.12 bits per heavy atom. The first-order chi connectivity index (χ1) is 8.13. The van der Waals surface area contributed by atoms with Gasteiger partial charge in [-0.1, -0.05) is 17.7 Å². The fourth-order valence-electron chi connectivity index (χ4n) is 1.82. The maximum atomic E-state index is 13.5. The summed E-state index contributed by atoms with van der Waals surface area (Å²) in [6.07, 6.45) is 0. The topological polar surface area (TPSA) is 12.0 Å². The third kappa shape index (κ3) is 2.51. The Kier molecular flexibility index (Phi) is 3.82. The molecule has 0 fully saturated rings. The Morgan fingerprint density at radius 1 is 1.35 bits per heavy atom. The van der Waals surface area contributed by atoms with Crippen LogP contribution in [0, 0.1) is 12.7 Å². The van der Waals surface area contributed by atoms with Crippen LogP contribution in [-0.4, -0.2) is 7.05 Å². The van der Waals surface area contributed by atoms with E-state index in [0.29, 0.717) is 0 Å². The van der Waals surface area contributed by atoms with Crippen LogP contribution in [0.5, 0.6) is 0 Å². The molecule has 0 aliphatic heterocycles. The summed E-state index contributed by atoms with van der Waals surface area (Å²) in [6, 6.07) is 7.02. The van der Waals surface area contributed by atoms with Crippen molar-refractivity contribution in [3.8, 4) is 0 Å². The summed E-state index contributed by atoms with van der Waals surface area (Å²) < 4.78 is 13.5. The summed E-state index contributed by atoms with van der Waals surface area (Å²) in [5, 5.41) is 5.41. The minimum atomic E-state index is -0.376. The number of hydrogen-bond donors (Lipinski definition) is 1. The van der Waals surface area contributed by atoms with Gasteiger partial charge in [0.05, 0.1) is 11.1 Å². The zero-order valence-corrected chi connectivity index (χ0v) is 11.2. The van der Waals surface area contributed by atoms with Crippen LogP contribution >= 0.6 is 22.9 Å². The van der Waals surface area contributed by atoms with Crippen LogP contribution in [0.15, 0.2) is 29.6 Å². The van der Waals surface area contributed by atoms with Gasteiger partial charge in [0, 0.05) is 4.88 Å². The minimum Gasteiger partial charge on any atom is -0.309 e. The van der Waals surface area contributed by atoms with Crippen molar-refractivity contribution < 1.29 is 4.39 Å². The molecule has 0 amide bonds. The minimum absolute atomic E-state index is 0.0155. The molecule has 1 aromatic heterocycles. The van der Waals surface area contributed by atoms with Crippen LogP contribution in [-0.2, 0) is 0 Å². The van der Waals surface area contributed by atoms with E-state index in [-0.39, 0.29) is 16.9 Å². The summed E-state index contributed by atoms with van der Waals surface area (Å²) >= 11 is 7.36. The van der Waals surface area contributed by atoms with Crippen molar-refractivity contribution in [1.82, 2.24) is 5.32 Å². The molecule has 1 N–H and O–H groups in total. The molecule has 0 aliphatic carbocycles. The van der Waals surface area contributed by atoms with Gasteiger partial charge >= 0.3 is 0 Å².